The summed E-state index contributed by atoms with van der Waals surface area (Å²) in [7, 11) is 0. The lowest BCUT2D eigenvalue weighted by atomic mass is 9.40. The van der Waals surface area contributed by atoms with E-state index >= 15 is 0 Å². The fourth-order valence-corrected chi connectivity index (χ4v) is 6.40. The molecule has 5 fully saturated rings. The molecule has 4 bridgehead atoms. The van der Waals surface area contributed by atoms with Crippen LogP contribution in [0.4, 0.5) is 0 Å². The zero-order chi connectivity index (χ0) is 13.5. The van der Waals surface area contributed by atoms with Crippen molar-refractivity contribution in [3.05, 3.63) is 0 Å². The third kappa shape index (κ3) is 1.77. The molecule has 5 saturated carbocycles. The summed E-state index contributed by atoms with van der Waals surface area (Å²) >= 11 is 0. The van der Waals surface area contributed by atoms with Gasteiger partial charge < -0.3 is 11.1 Å². The summed E-state index contributed by atoms with van der Waals surface area (Å²) in [5.74, 6) is 1.11. The van der Waals surface area contributed by atoms with Gasteiger partial charge in [0.25, 0.3) is 0 Å². The molecule has 106 valence electrons. The van der Waals surface area contributed by atoms with Gasteiger partial charge in [-0.15, -0.1) is 0 Å². The maximum absolute atomic E-state index is 12.8. The summed E-state index contributed by atoms with van der Waals surface area (Å²) in [5.41, 5.74) is 6.61. The number of nitrogens with two attached hydrogens (primary N) is 1. The molecule has 0 aromatic carbocycles. The van der Waals surface area contributed by atoms with Gasteiger partial charge >= 0.3 is 0 Å². The zero-order valence-electron chi connectivity index (χ0n) is 12.2. The van der Waals surface area contributed by atoms with E-state index in [9.17, 15) is 4.79 Å². The molecular weight excluding hydrogens is 236 g/mol. The first-order valence-corrected chi connectivity index (χ1v) is 7.88. The van der Waals surface area contributed by atoms with Crippen LogP contribution in [0.5, 0.6) is 0 Å². The van der Waals surface area contributed by atoms with E-state index in [0.717, 1.165) is 31.6 Å². The molecular formula is C16H26N2O. The van der Waals surface area contributed by atoms with Crippen LogP contribution in [-0.4, -0.2) is 18.0 Å². The van der Waals surface area contributed by atoms with E-state index in [1.54, 1.807) is 0 Å². The summed E-state index contributed by atoms with van der Waals surface area (Å²) in [6.07, 6.45) is 8.35. The molecule has 4 unspecified atom stereocenters. The lowest BCUT2D eigenvalue weighted by Crippen LogP contribution is -2.60. The molecule has 0 aromatic rings. The van der Waals surface area contributed by atoms with Crippen molar-refractivity contribution in [2.75, 3.05) is 0 Å². The second kappa shape index (κ2) is 3.36. The lowest BCUT2D eigenvalue weighted by molar-refractivity contribution is -0.170. The van der Waals surface area contributed by atoms with Gasteiger partial charge in [0.05, 0.1) is 5.41 Å². The molecule has 19 heavy (non-hydrogen) atoms. The van der Waals surface area contributed by atoms with E-state index in [1.807, 2.05) is 0 Å². The van der Waals surface area contributed by atoms with Gasteiger partial charge in [-0.25, -0.2) is 0 Å². The zero-order valence-corrected chi connectivity index (χ0v) is 12.2. The van der Waals surface area contributed by atoms with Crippen LogP contribution in [0.25, 0.3) is 0 Å². The average Bonchev–Trinajstić information content (AvgIpc) is 2.88. The van der Waals surface area contributed by atoms with Gasteiger partial charge in [0, 0.05) is 12.1 Å². The molecule has 5 aliphatic carbocycles. The Labute approximate surface area is 115 Å². The molecule has 5 rings (SSSR count). The number of carbonyl (C=O) groups excluding carboxylic acids is 1. The van der Waals surface area contributed by atoms with Crippen LogP contribution in [0.15, 0.2) is 0 Å². The summed E-state index contributed by atoms with van der Waals surface area (Å²) in [6.45, 7) is 4.83. The van der Waals surface area contributed by atoms with Crippen LogP contribution < -0.4 is 11.1 Å². The van der Waals surface area contributed by atoms with Crippen molar-refractivity contribution >= 4 is 5.91 Å². The van der Waals surface area contributed by atoms with Crippen LogP contribution in [-0.2, 0) is 4.79 Å². The molecule has 0 radical (unpaired) electrons. The number of nitrogens with one attached hydrogen (secondary N) is 1. The smallest absolute Gasteiger partial charge is 0.226 e. The molecule has 0 aromatic heterocycles. The number of hydrogen-bond donors (Lipinski definition) is 2. The Morgan fingerprint density at radius 3 is 2.16 bits per heavy atom. The van der Waals surface area contributed by atoms with Crippen molar-refractivity contribution in [3.8, 4) is 0 Å². The Balaban J connectivity index is 1.61. The molecule has 5 aliphatic rings. The van der Waals surface area contributed by atoms with Gasteiger partial charge in [-0.1, -0.05) is 13.8 Å². The molecule has 1 amide bonds. The maximum Gasteiger partial charge on any atom is 0.226 e. The highest BCUT2D eigenvalue weighted by Crippen LogP contribution is 2.69. The van der Waals surface area contributed by atoms with Crippen molar-refractivity contribution in [1.82, 2.24) is 5.32 Å². The molecule has 0 spiro atoms. The minimum atomic E-state index is -0.0643. The van der Waals surface area contributed by atoms with Gasteiger partial charge in [0.2, 0.25) is 5.91 Å². The van der Waals surface area contributed by atoms with E-state index in [1.165, 1.54) is 19.3 Å². The summed E-state index contributed by atoms with van der Waals surface area (Å²) in [5, 5.41) is 3.23. The highest BCUT2D eigenvalue weighted by Gasteiger charge is 2.63. The minimum absolute atomic E-state index is 0.0643. The Morgan fingerprint density at radius 2 is 1.68 bits per heavy atom. The van der Waals surface area contributed by atoms with Crippen molar-refractivity contribution in [3.63, 3.8) is 0 Å². The first-order valence-electron chi connectivity index (χ1n) is 7.88. The van der Waals surface area contributed by atoms with Crippen LogP contribution in [0.1, 0.15) is 58.8 Å². The Kier molecular flexibility index (Phi) is 2.16. The van der Waals surface area contributed by atoms with Crippen LogP contribution in [0.3, 0.4) is 0 Å². The van der Waals surface area contributed by atoms with Crippen LogP contribution in [0, 0.1) is 22.2 Å². The third-order valence-corrected chi connectivity index (χ3v) is 6.26. The monoisotopic (exact) mass is 262 g/mol. The SMILES string of the molecule is CC12CC3CC(C)(C1)CC(C(=O)NC1CC1N)(C3)C2. The summed E-state index contributed by atoms with van der Waals surface area (Å²) < 4.78 is 0. The minimum Gasteiger partial charge on any atom is -0.351 e. The van der Waals surface area contributed by atoms with Gasteiger partial charge in [0.1, 0.15) is 0 Å². The van der Waals surface area contributed by atoms with Crippen LogP contribution in [0.2, 0.25) is 0 Å². The quantitative estimate of drug-likeness (QED) is 0.801. The molecule has 3 heteroatoms. The molecule has 0 heterocycles. The van der Waals surface area contributed by atoms with Crippen LogP contribution >= 0.6 is 0 Å². The van der Waals surface area contributed by atoms with E-state index in [-0.39, 0.29) is 17.5 Å². The first kappa shape index (κ1) is 12.2. The number of hydrogen-bond acceptors (Lipinski definition) is 2. The maximum atomic E-state index is 12.8. The Hall–Kier alpha value is -0.570. The van der Waals surface area contributed by atoms with Crippen molar-refractivity contribution in [2.24, 2.45) is 27.9 Å². The van der Waals surface area contributed by atoms with Crippen molar-refractivity contribution in [2.45, 2.75) is 70.9 Å². The summed E-state index contributed by atoms with van der Waals surface area (Å²) in [4.78, 5) is 12.8. The molecule has 0 saturated heterocycles. The van der Waals surface area contributed by atoms with Gasteiger partial charge in [0.15, 0.2) is 0 Å². The second-order valence-corrected chi connectivity index (χ2v) is 8.89. The predicted octanol–water partition coefficient (Wildman–Crippen LogP) is 2.20. The van der Waals surface area contributed by atoms with Gasteiger partial charge in [-0.05, 0) is 61.7 Å². The first-order chi connectivity index (χ1) is 8.82. The second-order valence-electron chi connectivity index (χ2n) is 8.89. The normalized spacial score (nSPS) is 58.2. The molecule has 3 N–H and O–H groups in total. The fraction of sp³-hybridized carbons (Fsp3) is 0.938. The topological polar surface area (TPSA) is 55.1 Å². The van der Waals surface area contributed by atoms with E-state index < -0.39 is 0 Å². The van der Waals surface area contributed by atoms with Crippen molar-refractivity contribution < 1.29 is 4.79 Å². The molecule has 3 nitrogen and oxygen atoms in total. The van der Waals surface area contributed by atoms with Crippen molar-refractivity contribution in [1.29, 1.82) is 0 Å². The largest absolute Gasteiger partial charge is 0.351 e. The number of rotatable bonds is 2. The fourth-order valence-electron chi connectivity index (χ4n) is 6.40. The van der Waals surface area contributed by atoms with Gasteiger partial charge in [-0.3, -0.25) is 4.79 Å². The Morgan fingerprint density at radius 1 is 1.11 bits per heavy atom. The highest BCUT2D eigenvalue weighted by atomic mass is 16.2. The Bertz CT molecular complexity index is 428. The van der Waals surface area contributed by atoms with E-state index in [4.69, 9.17) is 5.73 Å². The average molecular weight is 262 g/mol. The predicted molar refractivity (Wildman–Crippen MR) is 74.4 cm³/mol. The highest BCUT2D eigenvalue weighted by molar-refractivity contribution is 5.84. The molecule has 0 aliphatic heterocycles. The summed E-state index contributed by atoms with van der Waals surface area (Å²) in [6, 6.07) is 0.477. The molecule has 4 atom stereocenters. The standard InChI is InChI=1S/C16H26N2O/c1-14-4-10-5-15(2,7-14)9-16(6-10,8-14)13(19)18-12-3-11(12)17/h10-12H,3-9,17H2,1-2H3,(H,18,19). The van der Waals surface area contributed by atoms with Gasteiger partial charge in [-0.2, -0.15) is 0 Å². The third-order valence-electron chi connectivity index (χ3n) is 6.26. The van der Waals surface area contributed by atoms with E-state index in [0.29, 0.717) is 16.7 Å². The van der Waals surface area contributed by atoms with E-state index in [2.05, 4.69) is 19.2 Å². The lowest BCUT2D eigenvalue weighted by Gasteiger charge is -2.64. The number of amides is 1. The number of carbonyl (C=O) groups is 1.